The second-order valence-electron chi connectivity index (χ2n) is 5.66. The van der Waals surface area contributed by atoms with Crippen LogP contribution in [-0.4, -0.2) is 25.3 Å². The molecule has 8 heteroatoms. The third-order valence-electron chi connectivity index (χ3n) is 3.95. The minimum atomic E-state index is -0.353. The molecule has 1 N–H and O–H groups in total. The molecular weight excluding hydrogens is 349 g/mol. The molecule has 2 aromatic heterocycles. The van der Waals surface area contributed by atoms with E-state index < -0.39 is 0 Å². The first kappa shape index (κ1) is 15.7. The number of hydrogen-bond donors (Lipinski definition) is 1. The first-order valence-electron chi connectivity index (χ1n) is 7.71. The largest absolute Gasteiger partial charge is 0.363 e. The van der Waals surface area contributed by atoms with Crippen molar-refractivity contribution in [3.8, 4) is 0 Å². The van der Waals surface area contributed by atoms with Crippen molar-refractivity contribution in [2.24, 2.45) is 0 Å². The first-order chi connectivity index (χ1) is 11.7. The standard InChI is InChI=1S/C16H15ClFN5S/c17-11-6-10(7-12(18)8-11)9-20-14-16-22-21-15(13-2-1-5-24-13)23(16)4-3-19-14/h3-4,6-8,13H,1-2,5,9H2,(H,19,20)/t13-/m0/s1. The van der Waals surface area contributed by atoms with Crippen molar-refractivity contribution in [2.45, 2.75) is 24.6 Å². The highest BCUT2D eigenvalue weighted by Crippen LogP contribution is 2.39. The SMILES string of the molecule is Fc1cc(Cl)cc(CNc2nccn3c([C@@H]4CCCS4)nnc23)c1. The lowest BCUT2D eigenvalue weighted by molar-refractivity contribution is 0.626. The van der Waals surface area contributed by atoms with Gasteiger partial charge in [-0.15, -0.1) is 10.2 Å². The summed E-state index contributed by atoms with van der Waals surface area (Å²) in [6.07, 6.45) is 5.94. The molecule has 0 aliphatic carbocycles. The Morgan fingerprint density at radius 2 is 2.25 bits per heavy atom. The summed E-state index contributed by atoms with van der Waals surface area (Å²) in [5.41, 5.74) is 1.43. The van der Waals surface area contributed by atoms with Crippen molar-refractivity contribution in [3.63, 3.8) is 0 Å². The summed E-state index contributed by atoms with van der Waals surface area (Å²) in [5, 5.41) is 12.6. The molecule has 3 aromatic rings. The number of benzene rings is 1. The Bertz CT molecular complexity index is 858. The second-order valence-corrected chi connectivity index (χ2v) is 7.41. The quantitative estimate of drug-likeness (QED) is 0.756. The minimum absolute atomic E-state index is 0.353. The third-order valence-corrected chi connectivity index (χ3v) is 5.54. The van der Waals surface area contributed by atoms with E-state index in [9.17, 15) is 4.39 Å². The normalized spacial score (nSPS) is 17.5. The first-order valence-corrected chi connectivity index (χ1v) is 9.13. The Kier molecular flexibility index (Phi) is 4.28. The Labute approximate surface area is 147 Å². The molecule has 1 aliphatic rings. The molecule has 0 saturated carbocycles. The summed E-state index contributed by atoms with van der Waals surface area (Å²) >= 11 is 7.80. The Balaban J connectivity index is 1.60. The van der Waals surface area contributed by atoms with Gasteiger partial charge in [0.15, 0.2) is 11.6 Å². The van der Waals surface area contributed by atoms with E-state index in [2.05, 4.69) is 20.5 Å². The monoisotopic (exact) mass is 363 g/mol. The Morgan fingerprint density at radius 1 is 1.33 bits per heavy atom. The summed E-state index contributed by atoms with van der Waals surface area (Å²) in [6, 6.07) is 4.46. The lowest BCUT2D eigenvalue weighted by Gasteiger charge is -2.09. The van der Waals surface area contributed by atoms with Crippen molar-refractivity contribution in [1.82, 2.24) is 19.6 Å². The van der Waals surface area contributed by atoms with E-state index in [-0.39, 0.29) is 5.82 Å². The molecule has 0 unspecified atom stereocenters. The molecule has 1 aliphatic heterocycles. The predicted octanol–water partition coefficient (Wildman–Crippen LogP) is 4.10. The van der Waals surface area contributed by atoms with Crippen LogP contribution >= 0.6 is 23.4 Å². The van der Waals surface area contributed by atoms with Crippen LogP contribution in [0.4, 0.5) is 10.2 Å². The van der Waals surface area contributed by atoms with Crippen molar-refractivity contribution >= 4 is 34.8 Å². The average Bonchev–Trinajstić information content (AvgIpc) is 3.21. The molecule has 1 fully saturated rings. The lowest BCUT2D eigenvalue weighted by Crippen LogP contribution is -2.05. The zero-order chi connectivity index (χ0) is 16.5. The average molecular weight is 364 g/mol. The van der Waals surface area contributed by atoms with E-state index >= 15 is 0 Å². The molecule has 0 amide bonds. The van der Waals surface area contributed by atoms with Crippen molar-refractivity contribution in [3.05, 3.63) is 52.8 Å². The van der Waals surface area contributed by atoms with Gasteiger partial charge in [-0.3, -0.25) is 4.40 Å². The number of hydrogen-bond acceptors (Lipinski definition) is 5. The van der Waals surface area contributed by atoms with Crippen LogP contribution in [0.15, 0.2) is 30.6 Å². The maximum absolute atomic E-state index is 13.4. The highest BCUT2D eigenvalue weighted by molar-refractivity contribution is 7.99. The van der Waals surface area contributed by atoms with Gasteiger partial charge in [0, 0.05) is 24.0 Å². The van der Waals surface area contributed by atoms with Crippen LogP contribution in [0.2, 0.25) is 5.02 Å². The van der Waals surface area contributed by atoms with Crippen LogP contribution in [0, 0.1) is 5.82 Å². The molecule has 24 heavy (non-hydrogen) atoms. The number of nitrogens with one attached hydrogen (secondary N) is 1. The second kappa shape index (κ2) is 6.57. The van der Waals surface area contributed by atoms with Crippen LogP contribution in [-0.2, 0) is 6.54 Å². The maximum atomic E-state index is 13.4. The number of nitrogens with zero attached hydrogens (tertiary/aromatic N) is 4. The molecule has 1 saturated heterocycles. The molecular formula is C16H15ClFN5S. The number of rotatable bonds is 4. The van der Waals surface area contributed by atoms with Gasteiger partial charge < -0.3 is 5.32 Å². The van der Waals surface area contributed by atoms with Crippen LogP contribution < -0.4 is 5.32 Å². The van der Waals surface area contributed by atoms with Crippen LogP contribution in [0.25, 0.3) is 5.65 Å². The lowest BCUT2D eigenvalue weighted by atomic mass is 10.2. The van der Waals surface area contributed by atoms with E-state index in [0.29, 0.717) is 28.3 Å². The smallest absolute Gasteiger partial charge is 0.203 e. The van der Waals surface area contributed by atoms with E-state index in [1.54, 1.807) is 12.3 Å². The predicted molar refractivity (Wildman–Crippen MR) is 94.0 cm³/mol. The summed E-state index contributed by atoms with van der Waals surface area (Å²) in [5.74, 6) is 2.40. The van der Waals surface area contributed by atoms with E-state index in [4.69, 9.17) is 11.6 Å². The number of fused-ring (bicyclic) bond motifs is 1. The van der Waals surface area contributed by atoms with Gasteiger partial charge in [-0.25, -0.2) is 9.37 Å². The van der Waals surface area contributed by atoms with E-state index in [1.165, 1.54) is 18.6 Å². The van der Waals surface area contributed by atoms with Crippen LogP contribution in [0.1, 0.15) is 29.5 Å². The summed E-state index contributed by atoms with van der Waals surface area (Å²) in [6.45, 7) is 0.407. The molecule has 1 aromatic carbocycles. The van der Waals surface area contributed by atoms with Crippen molar-refractivity contribution < 1.29 is 4.39 Å². The molecule has 4 rings (SSSR count). The van der Waals surface area contributed by atoms with Crippen LogP contribution in [0.3, 0.4) is 0 Å². The molecule has 0 spiro atoms. The molecule has 5 nitrogen and oxygen atoms in total. The zero-order valence-electron chi connectivity index (χ0n) is 12.7. The Hall–Kier alpha value is -1.86. The highest BCUT2D eigenvalue weighted by Gasteiger charge is 2.23. The molecule has 124 valence electrons. The number of thioether (sulfide) groups is 1. The van der Waals surface area contributed by atoms with E-state index in [1.807, 2.05) is 22.4 Å². The van der Waals surface area contributed by atoms with Crippen molar-refractivity contribution in [2.75, 3.05) is 11.1 Å². The number of anilines is 1. The minimum Gasteiger partial charge on any atom is -0.363 e. The van der Waals surface area contributed by atoms with Gasteiger partial charge >= 0.3 is 0 Å². The topological polar surface area (TPSA) is 55.1 Å². The van der Waals surface area contributed by atoms with Gasteiger partial charge in [-0.1, -0.05) is 11.6 Å². The van der Waals surface area contributed by atoms with E-state index in [0.717, 1.165) is 23.6 Å². The van der Waals surface area contributed by atoms with Crippen molar-refractivity contribution in [1.29, 1.82) is 0 Å². The molecule has 0 bridgehead atoms. The van der Waals surface area contributed by atoms with Gasteiger partial charge in [0.2, 0.25) is 5.65 Å². The third kappa shape index (κ3) is 3.06. The zero-order valence-corrected chi connectivity index (χ0v) is 14.3. The molecule has 1 atom stereocenters. The number of halogens is 2. The summed E-state index contributed by atoms with van der Waals surface area (Å²) < 4.78 is 15.4. The van der Waals surface area contributed by atoms with Gasteiger partial charge in [0.1, 0.15) is 5.82 Å². The van der Waals surface area contributed by atoms with Crippen LogP contribution in [0.5, 0.6) is 0 Å². The fourth-order valence-corrected chi connectivity index (χ4v) is 4.37. The maximum Gasteiger partial charge on any atom is 0.203 e. The number of aromatic nitrogens is 4. The van der Waals surface area contributed by atoms with Gasteiger partial charge in [0.25, 0.3) is 0 Å². The van der Waals surface area contributed by atoms with Gasteiger partial charge in [-0.05, 0) is 42.4 Å². The molecule has 3 heterocycles. The fourth-order valence-electron chi connectivity index (χ4n) is 2.87. The summed E-state index contributed by atoms with van der Waals surface area (Å²) in [4.78, 5) is 4.34. The molecule has 0 radical (unpaired) electrons. The fraction of sp³-hybridized carbons (Fsp3) is 0.312. The van der Waals surface area contributed by atoms with Gasteiger partial charge in [-0.2, -0.15) is 11.8 Å². The Morgan fingerprint density at radius 3 is 3.04 bits per heavy atom. The highest BCUT2D eigenvalue weighted by atomic mass is 35.5. The summed E-state index contributed by atoms with van der Waals surface area (Å²) in [7, 11) is 0. The van der Waals surface area contributed by atoms with Gasteiger partial charge in [0.05, 0.1) is 5.25 Å².